The van der Waals surface area contributed by atoms with Crippen LogP contribution in [0.25, 0.3) is 6.08 Å². The van der Waals surface area contributed by atoms with Crippen LogP contribution in [0.5, 0.6) is 11.5 Å². The molecule has 1 aliphatic rings. The maximum atomic E-state index is 13.5. The Labute approximate surface area is 150 Å². The number of carbonyl (C=O) groups excluding carboxylic acids is 1. The highest BCUT2D eigenvalue weighted by atomic mass is 35.5. The molecule has 0 aliphatic carbocycles. The summed E-state index contributed by atoms with van der Waals surface area (Å²) >= 11 is 6.18. The molecule has 1 aliphatic heterocycles. The monoisotopic (exact) mass is 361 g/mol. The van der Waals surface area contributed by atoms with Crippen LogP contribution in [0.15, 0.2) is 42.5 Å². The molecular formula is C19H17ClFNO3. The summed E-state index contributed by atoms with van der Waals surface area (Å²) in [7, 11) is 0. The van der Waals surface area contributed by atoms with Crippen molar-refractivity contribution < 1.29 is 18.7 Å². The van der Waals surface area contributed by atoms with Crippen molar-refractivity contribution in [1.82, 2.24) is 5.32 Å². The second-order valence-corrected chi connectivity index (χ2v) is 5.90. The Morgan fingerprint density at radius 1 is 1.24 bits per heavy atom. The van der Waals surface area contributed by atoms with Gasteiger partial charge in [0, 0.05) is 18.2 Å². The normalized spacial score (nSPS) is 13.0. The van der Waals surface area contributed by atoms with Crippen molar-refractivity contribution in [3.05, 3.63) is 64.4 Å². The number of ether oxygens (including phenoxy) is 2. The van der Waals surface area contributed by atoms with Crippen LogP contribution in [0.3, 0.4) is 0 Å². The molecule has 0 unspecified atom stereocenters. The zero-order chi connectivity index (χ0) is 17.6. The maximum absolute atomic E-state index is 13.5. The van der Waals surface area contributed by atoms with Crippen LogP contribution in [0.1, 0.15) is 11.1 Å². The Balaban J connectivity index is 1.53. The van der Waals surface area contributed by atoms with Gasteiger partial charge in [-0.05, 0) is 36.3 Å². The average Bonchev–Trinajstić information content (AvgIpc) is 2.61. The van der Waals surface area contributed by atoms with E-state index in [4.69, 9.17) is 21.1 Å². The minimum absolute atomic E-state index is 0.285. The molecule has 0 fully saturated rings. The Morgan fingerprint density at radius 2 is 2.04 bits per heavy atom. The van der Waals surface area contributed by atoms with Crippen molar-refractivity contribution in [3.63, 3.8) is 0 Å². The molecule has 1 N–H and O–H groups in total. The second kappa shape index (κ2) is 8.03. The summed E-state index contributed by atoms with van der Waals surface area (Å²) < 4.78 is 24.5. The lowest BCUT2D eigenvalue weighted by molar-refractivity contribution is -0.116. The van der Waals surface area contributed by atoms with E-state index in [0.29, 0.717) is 48.3 Å². The van der Waals surface area contributed by atoms with E-state index in [1.165, 1.54) is 18.2 Å². The van der Waals surface area contributed by atoms with E-state index in [-0.39, 0.29) is 11.7 Å². The van der Waals surface area contributed by atoms with E-state index in [2.05, 4.69) is 5.32 Å². The number of hydrogen-bond acceptors (Lipinski definition) is 3. The summed E-state index contributed by atoms with van der Waals surface area (Å²) in [6, 6.07) is 9.94. The van der Waals surface area contributed by atoms with Gasteiger partial charge in [-0.1, -0.05) is 29.8 Å². The second-order valence-electron chi connectivity index (χ2n) is 5.50. The molecule has 0 bridgehead atoms. The fourth-order valence-corrected chi connectivity index (χ4v) is 2.76. The molecular weight excluding hydrogens is 345 g/mol. The van der Waals surface area contributed by atoms with Gasteiger partial charge in [0.25, 0.3) is 0 Å². The molecule has 0 aromatic heterocycles. The first-order valence-corrected chi connectivity index (χ1v) is 8.30. The first kappa shape index (κ1) is 17.3. The molecule has 1 heterocycles. The lowest BCUT2D eigenvalue weighted by Crippen LogP contribution is -2.23. The van der Waals surface area contributed by atoms with E-state index < -0.39 is 0 Å². The lowest BCUT2D eigenvalue weighted by atomic mass is 10.1. The van der Waals surface area contributed by atoms with Crippen LogP contribution in [0.4, 0.5) is 4.39 Å². The minimum Gasteiger partial charge on any atom is -0.486 e. The number of benzene rings is 2. The van der Waals surface area contributed by atoms with Gasteiger partial charge in [0.15, 0.2) is 11.5 Å². The number of fused-ring (bicyclic) bond motifs is 1. The molecule has 0 spiro atoms. The molecule has 3 rings (SSSR count). The highest BCUT2D eigenvalue weighted by Crippen LogP contribution is 2.38. The summed E-state index contributed by atoms with van der Waals surface area (Å²) in [4.78, 5) is 11.8. The predicted octanol–water partition coefficient (Wildman–Crippen LogP) is 3.62. The summed E-state index contributed by atoms with van der Waals surface area (Å²) in [5, 5.41) is 3.26. The van der Waals surface area contributed by atoms with Gasteiger partial charge in [-0.3, -0.25) is 4.79 Å². The van der Waals surface area contributed by atoms with Crippen molar-refractivity contribution in [3.8, 4) is 11.5 Å². The number of hydrogen-bond donors (Lipinski definition) is 1. The minimum atomic E-state index is -0.363. The third-order valence-electron chi connectivity index (χ3n) is 3.69. The Hall–Kier alpha value is -2.53. The van der Waals surface area contributed by atoms with Crippen molar-refractivity contribution in [2.75, 3.05) is 19.8 Å². The number of nitrogens with one attached hydrogen (secondary N) is 1. The van der Waals surface area contributed by atoms with Gasteiger partial charge >= 0.3 is 0 Å². The van der Waals surface area contributed by atoms with Crippen LogP contribution in [-0.2, 0) is 11.2 Å². The maximum Gasteiger partial charge on any atom is 0.244 e. The van der Waals surface area contributed by atoms with E-state index >= 15 is 0 Å². The fraction of sp³-hybridized carbons (Fsp3) is 0.211. The molecule has 130 valence electrons. The largest absolute Gasteiger partial charge is 0.486 e. The lowest BCUT2D eigenvalue weighted by Gasteiger charge is -2.20. The third-order valence-corrected chi connectivity index (χ3v) is 3.97. The molecule has 1 amide bonds. The van der Waals surface area contributed by atoms with Gasteiger partial charge in [-0.25, -0.2) is 4.39 Å². The van der Waals surface area contributed by atoms with E-state index in [1.54, 1.807) is 24.3 Å². The number of rotatable bonds is 5. The van der Waals surface area contributed by atoms with Crippen molar-refractivity contribution in [2.45, 2.75) is 6.42 Å². The van der Waals surface area contributed by atoms with Gasteiger partial charge in [-0.2, -0.15) is 0 Å². The summed E-state index contributed by atoms with van der Waals surface area (Å²) in [5.41, 5.74) is 1.31. The Bertz CT molecular complexity index is 807. The number of halogens is 2. The van der Waals surface area contributed by atoms with Crippen molar-refractivity contribution in [1.29, 1.82) is 0 Å². The zero-order valence-electron chi connectivity index (χ0n) is 13.4. The average molecular weight is 362 g/mol. The topological polar surface area (TPSA) is 47.6 Å². The summed E-state index contributed by atoms with van der Waals surface area (Å²) in [6.45, 7) is 1.40. The highest BCUT2D eigenvalue weighted by molar-refractivity contribution is 6.32. The van der Waals surface area contributed by atoms with Crippen LogP contribution in [0.2, 0.25) is 5.02 Å². The molecule has 0 radical (unpaired) electrons. The molecule has 25 heavy (non-hydrogen) atoms. The van der Waals surface area contributed by atoms with E-state index in [0.717, 1.165) is 5.56 Å². The number of amides is 1. The molecule has 2 aromatic carbocycles. The predicted molar refractivity (Wildman–Crippen MR) is 94.6 cm³/mol. The molecule has 0 atom stereocenters. The third kappa shape index (κ3) is 4.51. The zero-order valence-corrected chi connectivity index (χ0v) is 14.2. The van der Waals surface area contributed by atoms with Crippen molar-refractivity contribution >= 4 is 23.6 Å². The van der Waals surface area contributed by atoms with Crippen LogP contribution in [0, 0.1) is 5.82 Å². The molecule has 2 aromatic rings. The molecule has 6 heteroatoms. The fourth-order valence-electron chi connectivity index (χ4n) is 2.47. The highest BCUT2D eigenvalue weighted by Gasteiger charge is 2.16. The number of carbonyl (C=O) groups is 1. The molecule has 0 saturated carbocycles. The van der Waals surface area contributed by atoms with Gasteiger partial charge < -0.3 is 14.8 Å². The van der Waals surface area contributed by atoms with Crippen molar-refractivity contribution in [2.24, 2.45) is 0 Å². The summed E-state index contributed by atoms with van der Waals surface area (Å²) in [5.74, 6) is 0.539. The van der Waals surface area contributed by atoms with Crippen LogP contribution >= 0.6 is 11.6 Å². The molecule has 4 nitrogen and oxygen atoms in total. The first-order valence-electron chi connectivity index (χ1n) is 7.92. The van der Waals surface area contributed by atoms with Gasteiger partial charge in [0.1, 0.15) is 19.0 Å². The first-order chi connectivity index (χ1) is 12.1. The van der Waals surface area contributed by atoms with E-state index in [1.807, 2.05) is 6.07 Å². The SMILES string of the molecule is O=C(/C=C/c1ccccc1F)NCCc1cc(Cl)c2c(c1)OCCO2. The quantitative estimate of drug-likeness (QED) is 0.827. The standard InChI is InChI=1S/C19H17ClFNO3/c20-15-11-13(12-17-19(15)25-10-9-24-17)7-8-22-18(23)6-5-14-3-1-2-4-16(14)21/h1-6,11-12H,7-10H2,(H,22,23)/b6-5+. The van der Waals surface area contributed by atoms with Crippen LogP contribution in [-0.4, -0.2) is 25.7 Å². The van der Waals surface area contributed by atoms with Gasteiger partial charge in [0.05, 0.1) is 5.02 Å². The molecule has 0 saturated heterocycles. The van der Waals surface area contributed by atoms with Crippen LogP contribution < -0.4 is 14.8 Å². The smallest absolute Gasteiger partial charge is 0.244 e. The van der Waals surface area contributed by atoms with E-state index in [9.17, 15) is 9.18 Å². The summed E-state index contributed by atoms with van der Waals surface area (Å²) in [6.07, 6.45) is 3.36. The van der Waals surface area contributed by atoms with Gasteiger partial charge in [-0.15, -0.1) is 0 Å². The Kier molecular flexibility index (Phi) is 5.56. The van der Waals surface area contributed by atoms with Gasteiger partial charge in [0.2, 0.25) is 5.91 Å². The Morgan fingerprint density at radius 3 is 2.88 bits per heavy atom.